The summed E-state index contributed by atoms with van der Waals surface area (Å²) >= 11 is 0. The van der Waals surface area contributed by atoms with E-state index in [9.17, 15) is 20.0 Å². The first kappa shape index (κ1) is 17.6. The van der Waals surface area contributed by atoms with E-state index in [1.165, 1.54) is 12.1 Å². The van der Waals surface area contributed by atoms with Crippen LogP contribution in [0.4, 0.5) is 11.4 Å². The molecule has 2 aromatic carbocycles. The summed E-state index contributed by atoms with van der Waals surface area (Å²) in [7, 11) is 0. The molecule has 0 aliphatic carbocycles. The summed E-state index contributed by atoms with van der Waals surface area (Å²) in [5, 5.41) is 21.6. The molecule has 6 heteroatoms. The van der Waals surface area contributed by atoms with Crippen molar-refractivity contribution in [3.8, 4) is 0 Å². The van der Waals surface area contributed by atoms with Gasteiger partial charge in [-0.15, -0.1) is 0 Å². The summed E-state index contributed by atoms with van der Waals surface area (Å²) in [5.41, 5.74) is 6.19. The van der Waals surface area contributed by atoms with E-state index in [0.29, 0.717) is 11.1 Å². The minimum atomic E-state index is -1.37. The van der Waals surface area contributed by atoms with Gasteiger partial charge in [-0.05, 0) is 17.0 Å². The van der Waals surface area contributed by atoms with E-state index in [2.05, 4.69) is 0 Å². The Balaban J connectivity index is 2.56. The van der Waals surface area contributed by atoms with Gasteiger partial charge in [-0.2, -0.15) is 0 Å². The molecule has 126 valence electrons. The van der Waals surface area contributed by atoms with Gasteiger partial charge in [-0.1, -0.05) is 51.1 Å². The molecule has 0 radical (unpaired) electrons. The highest BCUT2D eigenvalue weighted by Crippen LogP contribution is 2.38. The number of anilines is 1. The third-order valence-corrected chi connectivity index (χ3v) is 3.80. The van der Waals surface area contributed by atoms with Crippen molar-refractivity contribution in [1.29, 1.82) is 0 Å². The number of carbonyl (C=O) groups is 1. The lowest BCUT2D eigenvalue weighted by Crippen LogP contribution is -2.21. The van der Waals surface area contributed by atoms with E-state index >= 15 is 0 Å². The minimum Gasteiger partial charge on any atom is -0.398 e. The number of aliphatic hydroxyl groups excluding tert-OH is 1. The first-order chi connectivity index (χ1) is 11.1. The van der Waals surface area contributed by atoms with Crippen molar-refractivity contribution in [2.45, 2.75) is 32.3 Å². The SMILES string of the molecule is CC(C)(C)c1c([N+](=O)[O-])ccc(C(=O)C(O)c2ccccc2)c1N. The third-order valence-electron chi connectivity index (χ3n) is 3.80. The fourth-order valence-corrected chi connectivity index (χ4v) is 2.70. The fraction of sp³-hybridized carbons (Fsp3) is 0.278. The maximum atomic E-state index is 12.6. The van der Waals surface area contributed by atoms with Gasteiger partial charge in [0, 0.05) is 11.6 Å². The van der Waals surface area contributed by atoms with Crippen molar-refractivity contribution >= 4 is 17.2 Å². The number of nitrogens with two attached hydrogens (primary N) is 1. The summed E-state index contributed by atoms with van der Waals surface area (Å²) < 4.78 is 0. The van der Waals surface area contributed by atoms with Crippen molar-refractivity contribution in [3.63, 3.8) is 0 Å². The standard InChI is InChI=1S/C18H20N2O4/c1-18(2,3)14-13(20(23)24)10-9-12(15(14)19)17(22)16(21)11-7-5-4-6-8-11/h4-10,16,21H,19H2,1-3H3. The Bertz CT molecular complexity index is 780. The molecule has 2 rings (SSSR count). The number of ketones is 1. The maximum absolute atomic E-state index is 12.6. The molecule has 2 aromatic rings. The van der Waals surface area contributed by atoms with Gasteiger partial charge in [0.1, 0.15) is 6.10 Å². The molecule has 1 unspecified atom stereocenters. The van der Waals surface area contributed by atoms with Crippen LogP contribution in [-0.4, -0.2) is 15.8 Å². The summed E-state index contributed by atoms with van der Waals surface area (Å²) in [6.07, 6.45) is -1.37. The smallest absolute Gasteiger partial charge is 0.275 e. The van der Waals surface area contributed by atoms with Crippen LogP contribution < -0.4 is 5.73 Å². The van der Waals surface area contributed by atoms with Gasteiger partial charge in [-0.3, -0.25) is 14.9 Å². The Morgan fingerprint density at radius 1 is 1.17 bits per heavy atom. The highest BCUT2D eigenvalue weighted by atomic mass is 16.6. The number of rotatable bonds is 4. The van der Waals surface area contributed by atoms with Crippen molar-refractivity contribution in [2.75, 3.05) is 5.73 Å². The Labute approximate surface area is 140 Å². The number of Topliss-reactive ketones (excluding diaryl/α,β-unsaturated/α-hetero) is 1. The molecule has 0 amide bonds. The Morgan fingerprint density at radius 2 is 1.75 bits per heavy atom. The van der Waals surface area contributed by atoms with Crippen LogP contribution in [0.1, 0.15) is 48.4 Å². The molecule has 6 nitrogen and oxygen atoms in total. The molecule has 0 bridgehead atoms. The normalized spacial score (nSPS) is 12.7. The molecule has 24 heavy (non-hydrogen) atoms. The summed E-state index contributed by atoms with van der Waals surface area (Å²) in [4.78, 5) is 23.4. The first-order valence-electron chi connectivity index (χ1n) is 7.49. The number of hydrogen-bond donors (Lipinski definition) is 2. The van der Waals surface area contributed by atoms with Crippen molar-refractivity contribution in [2.24, 2.45) is 0 Å². The summed E-state index contributed by atoms with van der Waals surface area (Å²) in [6.45, 7) is 5.36. The fourth-order valence-electron chi connectivity index (χ4n) is 2.70. The molecule has 0 heterocycles. The van der Waals surface area contributed by atoms with Crippen LogP contribution >= 0.6 is 0 Å². The number of aliphatic hydroxyl groups is 1. The van der Waals surface area contributed by atoms with E-state index < -0.39 is 22.2 Å². The number of benzene rings is 2. The van der Waals surface area contributed by atoms with Gasteiger partial charge >= 0.3 is 0 Å². The largest absolute Gasteiger partial charge is 0.398 e. The average molecular weight is 328 g/mol. The number of carbonyl (C=O) groups excluding carboxylic acids is 1. The van der Waals surface area contributed by atoms with Gasteiger partial charge in [0.2, 0.25) is 0 Å². The van der Waals surface area contributed by atoms with E-state index in [4.69, 9.17) is 5.73 Å². The maximum Gasteiger partial charge on any atom is 0.275 e. The third kappa shape index (κ3) is 3.28. The molecule has 1 atom stereocenters. The van der Waals surface area contributed by atoms with E-state index in [1.54, 1.807) is 51.1 Å². The second-order valence-corrected chi connectivity index (χ2v) is 6.61. The lowest BCUT2D eigenvalue weighted by molar-refractivity contribution is -0.385. The molecular weight excluding hydrogens is 308 g/mol. The van der Waals surface area contributed by atoms with Crippen molar-refractivity contribution in [1.82, 2.24) is 0 Å². The Morgan fingerprint density at radius 3 is 2.25 bits per heavy atom. The van der Waals surface area contributed by atoms with Crippen molar-refractivity contribution in [3.05, 3.63) is 69.3 Å². The molecule has 0 aliphatic heterocycles. The van der Waals surface area contributed by atoms with Gasteiger partial charge < -0.3 is 10.8 Å². The summed E-state index contributed by atoms with van der Waals surface area (Å²) in [5.74, 6) is -0.584. The Kier molecular flexibility index (Phi) is 4.71. The van der Waals surface area contributed by atoms with Crippen LogP contribution in [0.2, 0.25) is 0 Å². The van der Waals surface area contributed by atoms with E-state index in [-0.39, 0.29) is 16.9 Å². The van der Waals surface area contributed by atoms with Gasteiger partial charge in [-0.25, -0.2) is 0 Å². The first-order valence-corrected chi connectivity index (χ1v) is 7.49. The topological polar surface area (TPSA) is 106 Å². The zero-order valence-corrected chi connectivity index (χ0v) is 13.8. The number of nitrogen functional groups attached to an aromatic ring is 1. The number of nitro benzene ring substituents is 1. The average Bonchev–Trinajstić information content (AvgIpc) is 2.52. The lowest BCUT2D eigenvalue weighted by atomic mass is 9.82. The highest BCUT2D eigenvalue weighted by molar-refractivity contribution is 6.05. The molecular formula is C18H20N2O4. The highest BCUT2D eigenvalue weighted by Gasteiger charge is 2.32. The molecule has 0 spiro atoms. The van der Waals surface area contributed by atoms with Gasteiger partial charge in [0.05, 0.1) is 16.2 Å². The Hall–Kier alpha value is -2.73. The predicted octanol–water partition coefficient (Wildman–Crippen LogP) is 3.39. The quantitative estimate of drug-likeness (QED) is 0.387. The molecule has 0 aliphatic rings. The van der Waals surface area contributed by atoms with Crippen LogP contribution in [-0.2, 0) is 5.41 Å². The second-order valence-electron chi connectivity index (χ2n) is 6.61. The van der Waals surface area contributed by atoms with E-state index in [0.717, 1.165) is 0 Å². The molecule has 0 saturated heterocycles. The monoisotopic (exact) mass is 328 g/mol. The predicted molar refractivity (Wildman–Crippen MR) is 91.9 cm³/mol. The zero-order chi connectivity index (χ0) is 18.1. The van der Waals surface area contributed by atoms with Crippen LogP contribution in [0.25, 0.3) is 0 Å². The molecule has 3 N–H and O–H groups in total. The number of nitro groups is 1. The van der Waals surface area contributed by atoms with Crippen LogP contribution in [0.3, 0.4) is 0 Å². The molecule has 0 aromatic heterocycles. The minimum absolute atomic E-state index is 0.0386. The number of nitrogens with zero attached hydrogens (tertiary/aromatic N) is 1. The lowest BCUT2D eigenvalue weighted by Gasteiger charge is -2.23. The van der Waals surface area contributed by atoms with Crippen LogP contribution in [0, 0.1) is 10.1 Å². The van der Waals surface area contributed by atoms with E-state index in [1.807, 2.05) is 0 Å². The van der Waals surface area contributed by atoms with Gasteiger partial charge in [0.25, 0.3) is 5.69 Å². The van der Waals surface area contributed by atoms with Crippen LogP contribution in [0.5, 0.6) is 0 Å². The molecule has 0 saturated carbocycles. The number of hydrogen-bond acceptors (Lipinski definition) is 5. The second kappa shape index (κ2) is 6.41. The zero-order valence-electron chi connectivity index (χ0n) is 13.8. The van der Waals surface area contributed by atoms with Crippen molar-refractivity contribution < 1.29 is 14.8 Å². The summed E-state index contributed by atoms with van der Waals surface area (Å²) in [6, 6.07) is 11.0. The van der Waals surface area contributed by atoms with Crippen LogP contribution in [0.15, 0.2) is 42.5 Å². The van der Waals surface area contributed by atoms with Gasteiger partial charge in [0.15, 0.2) is 5.78 Å². The molecule has 0 fully saturated rings.